The second kappa shape index (κ2) is 8.08. The van der Waals surface area contributed by atoms with Crippen LogP contribution in [0.2, 0.25) is 0 Å². The molecule has 0 aliphatic rings. The van der Waals surface area contributed by atoms with Gasteiger partial charge < -0.3 is 10.2 Å². The number of benzene rings is 2. The summed E-state index contributed by atoms with van der Waals surface area (Å²) in [5, 5.41) is 11.2. The monoisotopic (exact) mass is 411 g/mol. The molecular formula is C21H25N5O2S. The molecule has 3 aromatic rings. The molecule has 0 saturated carbocycles. The maximum absolute atomic E-state index is 12.8. The molecular weight excluding hydrogens is 386 g/mol. The first-order chi connectivity index (χ1) is 13.7. The Bertz CT molecular complexity index is 1130. The molecule has 0 fully saturated rings. The van der Waals surface area contributed by atoms with Crippen molar-refractivity contribution < 1.29 is 8.42 Å². The fourth-order valence-corrected chi connectivity index (χ4v) is 4.24. The van der Waals surface area contributed by atoms with Gasteiger partial charge in [0.1, 0.15) is 0 Å². The molecule has 0 aliphatic heterocycles. The average Bonchev–Trinajstić information content (AvgIpc) is 2.66. The van der Waals surface area contributed by atoms with E-state index in [1.165, 1.54) is 0 Å². The van der Waals surface area contributed by atoms with Crippen molar-refractivity contribution in [2.24, 2.45) is 0 Å². The molecule has 8 heteroatoms. The molecule has 0 aliphatic carbocycles. The van der Waals surface area contributed by atoms with Crippen molar-refractivity contribution in [3.63, 3.8) is 0 Å². The quantitative estimate of drug-likeness (QED) is 0.637. The number of rotatable bonds is 6. The Balaban J connectivity index is 1.77. The van der Waals surface area contributed by atoms with Gasteiger partial charge in [-0.15, -0.1) is 5.10 Å². The van der Waals surface area contributed by atoms with Gasteiger partial charge in [-0.05, 0) is 67.8 Å². The molecule has 7 nitrogen and oxygen atoms in total. The minimum Gasteiger partial charge on any atom is -0.376 e. The highest BCUT2D eigenvalue weighted by Crippen LogP contribution is 2.24. The van der Waals surface area contributed by atoms with Gasteiger partial charge in [-0.1, -0.05) is 6.07 Å². The molecule has 3 rings (SSSR count). The molecule has 0 bridgehead atoms. The molecule has 0 atom stereocenters. The molecule has 0 radical (unpaired) electrons. The Morgan fingerprint density at radius 2 is 1.48 bits per heavy atom. The van der Waals surface area contributed by atoms with Crippen LogP contribution in [-0.2, 0) is 10.0 Å². The van der Waals surface area contributed by atoms with Crippen LogP contribution < -0.4 is 14.9 Å². The predicted molar refractivity (Wildman–Crippen MR) is 118 cm³/mol. The van der Waals surface area contributed by atoms with Crippen molar-refractivity contribution in [2.75, 3.05) is 29.0 Å². The van der Waals surface area contributed by atoms with E-state index >= 15 is 0 Å². The van der Waals surface area contributed by atoms with E-state index in [9.17, 15) is 8.42 Å². The Hall–Kier alpha value is -3.13. The maximum Gasteiger partial charge on any atom is 0.262 e. The van der Waals surface area contributed by atoms with Gasteiger partial charge in [0.15, 0.2) is 5.82 Å². The van der Waals surface area contributed by atoms with Crippen LogP contribution in [0.3, 0.4) is 0 Å². The van der Waals surface area contributed by atoms with Gasteiger partial charge in [-0.25, -0.2) is 8.42 Å². The van der Waals surface area contributed by atoms with Crippen LogP contribution in [0.25, 0.3) is 0 Å². The van der Waals surface area contributed by atoms with E-state index < -0.39 is 10.0 Å². The van der Waals surface area contributed by atoms with E-state index in [-0.39, 0.29) is 0 Å². The lowest BCUT2D eigenvalue weighted by Crippen LogP contribution is -2.14. The summed E-state index contributed by atoms with van der Waals surface area (Å²) >= 11 is 0. The van der Waals surface area contributed by atoms with Crippen LogP contribution in [-0.4, -0.2) is 32.7 Å². The maximum atomic E-state index is 12.8. The normalized spacial score (nSPS) is 11.2. The molecule has 2 aromatic carbocycles. The lowest BCUT2D eigenvalue weighted by atomic mass is 10.1. The zero-order valence-electron chi connectivity index (χ0n) is 17.2. The topological polar surface area (TPSA) is 87.2 Å². The molecule has 152 valence electrons. The van der Waals surface area contributed by atoms with Gasteiger partial charge >= 0.3 is 0 Å². The van der Waals surface area contributed by atoms with Crippen LogP contribution in [0.15, 0.2) is 53.6 Å². The van der Waals surface area contributed by atoms with Gasteiger partial charge in [-0.2, -0.15) is 5.10 Å². The van der Waals surface area contributed by atoms with Gasteiger partial charge in [0.2, 0.25) is 0 Å². The van der Waals surface area contributed by atoms with Crippen LogP contribution in [0.4, 0.5) is 22.9 Å². The summed E-state index contributed by atoms with van der Waals surface area (Å²) in [5.41, 5.74) is 4.92. The van der Waals surface area contributed by atoms with Gasteiger partial charge in [0.25, 0.3) is 10.0 Å². The average molecular weight is 412 g/mol. The summed E-state index contributed by atoms with van der Waals surface area (Å²) in [6, 6.07) is 12.5. The van der Waals surface area contributed by atoms with Crippen molar-refractivity contribution >= 4 is 32.9 Å². The van der Waals surface area contributed by atoms with Crippen LogP contribution >= 0.6 is 0 Å². The van der Waals surface area contributed by atoms with Gasteiger partial charge in [0.05, 0.1) is 16.8 Å². The van der Waals surface area contributed by atoms with Crippen LogP contribution in [0.1, 0.15) is 16.7 Å². The second-order valence-electron chi connectivity index (χ2n) is 7.20. The predicted octanol–water partition coefficient (Wildman–Crippen LogP) is 4.01. The lowest BCUT2D eigenvalue weighted by molar-refractivity contribution is 0.600. The van der Waals surface area contributed by atoms with Crippen molar-refractivity contribution in [3.8, 4) is 0 Å². The number of anilines is 4. The minimum absolute atomic E-state index is 0.290. The first-order valence-corrected chi connectivity index (χ1v) is 10.6. The molecule has 1 heterocycles. The van der Waals surface area contributed by atoms with Crippen molar-refractivity contribution in [1.82, 2.24) is 10.2 Å². The van der Waals surface area contributed by atoms with Crippen molar-refractivity contribution in [2.45, 2.75) is 25.7 Å². The summed E-state index contributed by atoms with van der Waals surface area (Å²) in [5.74, 6) is 0.607. The summed E-state index contributed by atoms with van der Waals surface area (Å²) in [6.45, 7) is 5.68. The Kier molecular flexibility index (Phi) is 5.74. The number of aromatic nitrogens is 2. The van der Waals surface area contributed by atoms with Gasteiger partial charge in [0, 0.05) is 31.5 Å². The Morgan fingerprint density at radius 1 is 0.862 bits per heavy atom. The van der Waals surface area contributed by atoms with E-state index in [2.05, 4.69) is 20.2 Å². The van der Waals surface area contributed by atoms with E-state index in [0.717, 1.165) is 28.1 Å². The van der Waals surface area contributed by atoms with E-state index in [0.29, 0.717) is 16.4 Å². The molecule has 0 unspecified atom stereocenters. The number of sulfonamides is 1. The third-order valence-corrected chi connectivity index (χ3v) is 6.17. The molecule has 0 spiro atoms. The highest BCUT2D eigenvalue weighted by atomic mass is 32.2. The summed E-state index contributed by atoms with van der Waals surface area (Å²) in [4.78, 5) is 2.23. The van der Waals surface area contributed by atoms with Crippen LogP contribution in [0, 0.1) is 20.8 Å². The standard InChI is InChI=1S/C21H25N5O2S/c1-14-10-16(3)20(11-15(14)2)29(27,28)25-18-8-6-17(7-9-18)23-21-12-19(26(4)5)13-22-24-21/h6-13,25H,1-5H3,(H,23,24). The zero-order valence-corrected chi connectivity index (χ0v) is 18.0. The number of nitrogens with zero attached hydrogens (tertiary/aromatic N) is 3. The Labute approximate surface area is 171 Å². The Morgan fingerprint density at radius 3 is 2.14 bits per heavy atom. The fourth-order valence-electron chi connectivity index (χ4n) is 2.87. The summed E-state index contributed by atoms with van der Waals surface area (Å²) < 4.78 is 28.3. The van der Waals surface area contributed by atoms with E-state index in [1.807, 2.05) is 45.0 Å². The number of nitrogens with one attached hydrogen (secondary N) is 2. The van der Waals surface area contributed by atoms with Crippen LogP contribution in [0.5, 0.6) is 0 Å². The molecule has 29 heavy (non-hydrogen) atoms. The molecule has 0 saturated heterocycles. The summed E-state index contributed by atoms with van der Waals surface area (Å²) in [6.07, 6.45) is 1.68. The highest BCUT2D eigenvalue weighted by molar-refractivity contribution is 7.92. The molecule has 1 aromatic heterocycles. The third-order valence-electron chi connectivity index (χ3n) is 4.65. The highest BCUT2D eigenvalue weighted by Gasteiger charge is 2.18. The lowest BCUT2D eigenvalue weighted by Gasteiger charge is -2.14. The van der Waals surface area contributed by atoms with Gasteiger partial charge in [-0.3, -0.25) is 4.72 Å². The smallest absolute Gasteiger partial charge is 0.262 e. The minimum atomic E-state index is -3.67. The zero-order chi connectivity index (χ0) is 21.2. The number of hydrogen-bond acceptors (Lipinski definition) is 6. The number of hydrogen-bond donors (Lipinski definition) is 2. The largest absolute Gasteiger partial charge is 0.376 e. The second-order valence-corrected chi connectivity index (χ2v) is 8.85. The third kappa shape index (κ3) is 4.83. The molecule has 0 amide bonds. The summed E-state index contributed by atoms with van der Waals surface area (Å²) in [7, 11) is 0.191. The SMILES string of the molecule is Cc1cc(C)c(S(=O)(=O)Nc2ccc(Nc3cc(N(C)C)cnn3)cc2)cc1C. The first kappa shape index (κ1) is 20.6. The first-order valence-electron chi connectivity index (χ1n) is 9.13. The fraction of sp³-hybridized carbons (Fsp3) is 0.238. The van der Waals surface area contributed by atoms with E-state index in [1.54, 1.807) is 43.5 Å². The van der Waals surface area contributed by atoms with Crippen molar-refractivity contribution in [3.05, 3.63) is 65.4 Å². The number of aryl methyl sites for hydroxylation is 3. The van der Waals surface area contributed by atoms with Crippen molar-refractivity contribution in [1.29, 1.82) is 0 Å². The van der Waals surface area contributed by atoms with E-state index in [4.69, 9.17) is 0 Å². The molecule has 2 N–H and O–H groups in total.